The molecule has 2 fully saturated rings. The Labute approximate surface area is 101 Å². The van der Waals surface area contributed by atoms with Gasteiger partial charge in [-0.05, 0) is 18.8 Å². The lowest BCUT2D eigenvalue weighted by Crippen LogP contribution is -2.36. The number of carbonyl (C=O) groups is 2. The molecule has 1 heterocycles. The van der Waals surface area contributed by atoms with Crippen LogP contribution in [0, 0.1) is 11.8 Å². The van der Waals surface area contributed by atoms with Crippen molar-refractivity contribution in [2.75, 3.05) is 33.4 Å². The van der Waals surface area contributed by atoms with Crippen LogP contribution in [0.25, 0.3) is 0 Å². The second-order valence-electron chi connectivity index (χ2n) is 4.98. The molecule has 1 aliphatic heterocycles. The number of nitrogens with zero attached hydrogens (tertiary/aromatic N) is 1. The Bertz CT molecular complexity index is 302. The van der Waals surface area contributed by atoms with E-state index < -0.39 is 0 Å². The minimum absolute atomic E-state index is 0.0262. The summed E-state index contributed by atoms with van der Waals surface area (Å²) in [5.74, 6) is 0.587. The highest BCUT2D eigenvalue weighted by Gasteiger charge is 2.29. The third-order valence-corrected chi connectivity index (χ3v) is 3.32. The Balaban J connectivity index is 1.62. The SMILES string of the molecule is CN(CCOCC1CC1)C(=O)C1CNC(=O)C1. The lowest BCUT2D eigenvalue weighted by Gasteiger charge is -2.20. The van der Waals surface area contributed by atoms with Crippen LogP contribution in [0.3, 0.4) is 0 Å². The zero-order valence-corrected chi connectivity index (χ0v) is 10.3. The summed E-state index contributed by atoms with van der Waals surface area (Å²) in [6.45, 7) is 2.50. The van der Waals surface area contributed by atoms with Crippen LogP contribution in [0.4, 0.5) is 0 Å². The molecule has 5 heteroatoms. The van der Waals surface area contributed by atoms with E-state index in [4.69, 9.17) is 4.74 Å². The topological polar surface area (TPSA) is 58.6 Å². The second kappa shape index (κ2) is 5.49. The van der Waals surface area contributed by atoms with Crippen LogP contribution < -0.4 is 5.32 Å². The predicted octanol–water partition coefficient (Wildman–Crippen LogP) is 0.00750. The summed E-state index contributed by atoms with van der Waals surface area (Å²) >= 11 is 0. The number of nitrogens with one attached hydrogen (secondary N) is 1. The maximum absolute atomic E-state index is 11.9. The van der Waals surface area contributed by atoms with Gasteiger partial charge in [0.15, 0.2) is 0 Å². The first-order chi connectivity index (χ1) is 8.16. The van der Waals surface area contributed by atoms with Crippen LogP contribution in [0.5, 0.6) is 0 Å². The number of likely N-dealkylation sites (N-methyl/N-ethyl adjacent to an activating group) is 1. The molecule has 0 aromatic rings. The second-order valence-corrected chi connectivity index (χ2v) is 4.98. The van der Waals surface area contributed by atoms with Crippen molar-refractivity contribution in [3.63, 3.8) is 0 Å². The number of amides is 2. The first-order valence-electron chi connectivity index (χ1n) is 6.26. The molecule has 1 aliphatic carbocycles. The molecule has 0 aromatic heterocycles. The largest absolute Gasteiger partial charge is 0.379 e. The standard InChI is InChI=1S/C12H20N2O3/c1-14(4-5-17-8-9-2-3-9)12(16)10-6-11(15)13-7-10/h9-10H,2-8H2,1H3,(H,13,15). The van der Waals surface area contributed by atoms with Gasteiger partial charge in [0.05, 0.1) is 12.5 Å². The zero-order valence-electron chi connectivity index (χ0n) is 10.3. The highest BCUT2D eigenvalue weighted by Crippen LogP contribution is 2.28. The smallest absolute Gasteiger partial charge is 0.227 e. The lowest BCUT2D eigenvalue weighted by atomic mass is 10.1. The highest BCUT2D eigenvalue weighted by molar-refractivity contribution is 5.89. The summed E-state index contributed by atoms with van der Waals surface area (Å²) in [4.78, 5) is 24.6. The summed E-state index contributed by atoms with van der Waals surface area (Å²) in [5.41, 5.74) is 0. The van der Waals surface area contributed by atoms with Crippen molar-refractivity contribution in [1.82, 2.24) is 10.2 Å². The van der Waals surface area contributed by atoms with E-state index in [2.05, 4.69) is 5.32 Å². The number of ether oxygens (including phenoxy) is 1. The van der Waals surface area contributed by atoms with Crippen molar-refractivity contribution in [2.24, 2.45) is 11.8 Å². The van der Waals surface area contributed by atoms with Crippen LogP contribution >= 0.6 is 0 Å². The van der Waals surface area contributed by atoms with E-state index in [0.717, 1.165) is 12.5 Å². The Morgan fingerprint density at radius 3 is 2.88 bits per heavy atom. The fourth-order valence-electron chi connectivity index (χ4n) is 1.94. The number of hydrogen-bond acceptors (Lipinski definition) is 3. The molecule has 96 valence electrons. The van der Waals surface area contributed by atoms with Crippen LogP contribution in [-0.2, 0) is 14.3 Å². The van der Waals surface area contributed by atoms with Crippen molar-refractivity contribution >= 4 is 11.8 Å². The van der Waals surface area contributed by atoms with Gasteiger partial charge < -0.3 is 15.0 Å². The maximum atomic E-state index is 11.9. The Morgan fingerprint density at radius 1 is 1.53 bits per heavy atom. The number of rotatable bonds is 6. The maximum Gasteiger partial charge on any atom is 0.227 e. The molecule has 1 saturated heterocycles. The quantitative estimate of drug-likeness (QED) is 0.665. The van der Waals surface area contributed by atoms with Crippen LogP contribution in [0.1, 0.15) is 19.3 Å². The van der Waals surface area contributed by atoms with Crippen molar-refractivity contribution < 1.29 is 14.3 Å². The van der Waals surface area contributed by atoms with Crippen molar-refractivity contribution in [2.45, 2.75) is 19.3 Å². The van der Waals surface area contributed by atoms with Gasteiger partial charge in [-0.1, -0.05) is 0 Å². The van der Waals surface area contributed by atoms with Gasteiger partial charge in [0, 0.05) is 33.2 Å². The van der Waals surface area contributed by atoms with E-state index in [0.29, 0.717) is 26.1 Å². The van der Waals surface area contributed by atoms with Gasteiger partial charge in [0.1, 0.15) is 0 Å². The van der Waals surface area contributed by atoms with E-state index in [9.17, 15) is 9.59 Å². The van der Waals surface area contributed by atoms with Crippen molar-refractivity contribution in [1.29, 1.82) is 0 Å². The number of hydrogen-bond donors (Lipinski definition) is 1. The minimum atomic E-state index is -0.184. The molecule has 5 nitrogen and oxygen atoms in total. The molecule has 0 radical (unpaired) electrons. The molecule has 2 amide bonds. The molecule has 2 rings (SSSR count). The van der Waals surface area contributed by atoms with E-state index in [-0.39, 0.29) is 17.7 Å². The molecule has 17 heavy (non-hydrogen) atoms. The molecule has 0 bridgehead atoms. The molecular weight excluding hydrogens is 220 g/mol. The predicted molar refractivity (Wildman–Crippen MR) is 62.3 cm³/mol. The summed E-state index contributed by atoms with van der Waals surface area (Å²) in [7, 11) is 1.77. The molecule has 1 saturated carbocycles. The van der Waals surface area contributed by atoms with Crippen molar-refractivity contribution in [3.8, 4) is 0 Å². The van der Waals surface area contributed by atoms with Gasteiger partial charge in [-0.25, -0.2) is 0 Å². The molecule has 0 aromatic carbocycles. The summed E-state index contributed by atoms with van der Waals surface area (Å²) in [5, 5.41) is 2.68. The van der Waals surface area contributed by atoms with Crippen molar-refractivity contribution in [3.05, 3.63) is 0 Å². The Hall–Kier alpha value is -1.10. The first kappa shape index (κ1) is 12.4. The fraction of sp³-hybridized carbons (Fsp3) is 0.833. The van der Waals surface area contributed by atoms with Gasteiger partial charge in [0.2, 0.25) is 11.8 Å². The van der Waals surface area contributed by atoms with Gasteiger partial charge >= 0.3 is 0 Å². The van der Waals surface area contributed by atoms with Gasteiger partial charge in [-0.3, -0.25) is 9.59 Å². The molecular formula is C12H20N2O3. The molecule has 0 spiro atoms. The van der Waals surface area contributed by atoms with Crippen LogP contribution in [0.2, 0.25) is 0 Å². The van der Waals surface area contributed by atoms with Gasteiger partial charge in [-0.2, -0.15) is 0 Å². The first-order valence-corrected chi connectivity index (χ1v) is 6.26. The average molecular weight is 240 g/mol. The third-order valence-electron chi connectivity index (χ3n) is 3.32. The fourth-order valence-corrected chi connectivity index (χ4v) is 1.94. The van der Waals surface area contributed by atoms with E-state index in [1.54, 1.807) is 11.9 Å². The summed E-state index contributed by atoms with van der Waals surface area (Å²) in [6.07, 6.45) is 2.89. The molecule has 1 N–H and O–H groups in total. The van der Waals surface area contributed by atoms with Gasteiger partial charge in [0.25, 0.3) is 0 Å². The minimum Gasteiger partial charge on any atom is -0.379 e. The van der Waals surface area contributed by atoms with Gasteiger partial charge in [-0.15, -0.1) is 0 Å². The van der Waals surface area contributed by atoms with Crippen LogP contribution in [-0.4, -0.2) is 50.1 Å². The summed E-state index contributed by atoms with van der Waals surface area (Å²) < 4.78 is 5.49. The highest BCUT2D eigenvalue weighted by atomic mass is 16.5. The zero-order chi connectivity index (χ0) is 12.3. The molecule has 2 aliphatic rings. The Kier molecular flexibility index (Phi) is 3.99. The van der Waals surface area contributed by atoms with E-state index in [1.165, 1.54) is 12.8 Å². The van der Waals surface area contributed by atoms with E-state index in [1.807, 2.05) is 0 Å². The monoisotopic (exact) mass is 240 g/mol. The van der Waals surface area contributed by atoms with E-state index >= 15 is 0 Å². The van der Waals surface area contributed by atoms with Crippen LogP contribution in [0.15, 0.2) is 0 Å². The Morgan fingerprint density at radius 2 is 2.29 bits per heavy atom. The average Bonchev–Trinajstić information content (AvgIpc) is 3.04. The third kappa shape index (κ3) is 3.70. The normalized spacial score (nSPS) is 23.6. The molecule has 1 unspecified atom stereocenters. The number of carbonyl (C=O) groups excluding carboxylic acids is 2. The lowest BCUT2D eigenvalue weighted by molar-refractivity contribution is -0.135. The summed E-state index contributed by atoms with van der Waals surface area (Å²) in [6, 6.07) is 0. The molecule has 1 atom stereocenters.